The number of Topliss-reactive ketones (excluding diaryl/α,β-unsaturated/α-hetero) is 1. The Hall–Kier alpha value is -0.710. The Morgan fingerprint density at radius 3 is 2.35 bits per heavy atom. The highest BCUT2D eigenvalue weighted by Gasteiger charge is 2.62. The number of thioether (sulfide) groups is 1. The molecular weight excluding hydrogens is 596 g/mol. The summed E-state index contributed by atoms with van der Waals surface area (Å²) in [5.74, 6) is 4.62. The van der Waals surface area contributed by atoms with Gasteiger partial charge in [0.25, 0.3) is 0 Å². The number of aliphatic carboxylic acids is 1. The van der Waals surface area contributed by atoms with Crippen molar-refractivity contribution < 1.29 is 19.8 Å². The number of fused-ring (bicyclic) bond motifs is 5. The van der Waals surface area contributed by atoms with Crippen molar-refractivity contribution in [2.45, 2.75) is 117 Å². The molecule has 8 nitrogen and oxygen atoms in total. The van der Waals surface area contributed by atoms with E-state index in [0.717, 1.165) is 44.9 Å². The molecule has 8 N–H and O–H groups in total. The number of hydrogen-bond acceptors (Lipinski definition) is 8. The molecule has 0 aliphatic heterocycles. The Labute approximate surface area is 285 Å². The van der Waals surface area contributed by atoms with Crippen molar-refractivity contribution in [1.29, 1.82) is 0 Å². The Morgan fingerprint density at radius 1 is 0.978 bits per heavy atom. The number of nitrogens with one attached hydrogen (secondary N) is 2. The fraction of sp³-hybridized carbons (Fsp3) is 0.946. The van der Waals surface area contributed by atoms with Crippen LogP contribution in [0.25, 0.3) is 0 Å². The first kappa shape index (κ1) is 39.7. The van der Waals surface area contributed by atoms with Crippen molar-refractivity contribution in [2.24, 2.45) is 69.6 Å². The molecular formula is C37H70N4O4S. The van der Waals surface area contributed by atoms with E-state index in [0.29, 0.717) is 64.6 Å². The van der Waals surface area contributed by atoms with Gasteiger partial charge in [-0.3, -0.25) is 9.59 Å². The lowest BCUT2D eigenvalue weighted by Gasteiger charge is -2.62. The Balaban J connectivity index is 0.000000559. The summed E-state index contributed by atoms with van der Waals surface area (Å²) in [6, 6.07) is -0.865. The highest BCUT2D eigenvalue weighted by Crippen LogP contribution is 2.68. The summed E-state index contributed by atoms with van der Waals surface area (Å²) in [6.07, 6.45) is 12.6. The second kappa shape index (κ2) is 18.3. The van der Waals surface area contributed by atoms with Crippen LogP contribution in [0.3, 0.4) is 0 Å². The number of aliphatic hydroxyl groups is 1. The van der Waals surface area contributed by atoms with Gasteiger partial charge in [-0.2, -0.15) is 11.8 Å². The van der Waals surface area contributed by atoms with Gasteiger partial charge in [0.1, 0.15) is 11.8 Å². The normalized spacial score (nSPS) is 37.1. The summed E-state index contributed by atoms with van der Waals surface area (Å²) >= 11 is 1.47. The molecule has 4 rings (SSSR count). The number of carbonyl (C=O) groups is 2. The molecule has 0 aromatic carbocycles. The molecule has 9 heteroatoms. The van der Waals surface area contributed by atoms with E-state index in [2.05, 4.69) is 38.3 Å². The number of ketones is 1. The van der Waals surface area contributed by atoms with E-state index in [1.54, 1.807) is 0 Å². The van der Waals surface area contributed by atoms with Gasteiger partial charge in [-0.1, -0.05) is 41.0 Å². The number of rotatable bonds is 16. The third kappa shape index (κ3) is 9.71. The molecule has 0 saturated heterocycles. The van der Waals surface area contributed by atoms with Crippen molar-refractivity contribution in [3.05, 3.63) is 0 Å². The van der Waals surface area contributed by atoms with Crippen molar-refractivity contribution in [3.63, 3.8) is 0 Å². The smallest absolute Gasteiger partial charge is 0.321 e. The maximum atomic E-state index is 12.9. The van der Waals surface area contributed by atoms with Crippen LogP contribution in [0.1, 0.15) is 105 Å². The largest absolute Gasteiger partial charge is 0.480 e. The zero-order valence-corrected chi connectivity index (χ0v) is 30.9. The number of carbonyl (C=O) groups excluding carboxylic acids is 1. The molecule has 0 bridgehead atoms. The number of hydrogen-bond donors (Lipinski definition) is 6. The van der Waals surface area contributed by atoms with Crippen molar-refractivity contribution >= 4 is 23.5 Å². The highest BCUT2D eigenvalue weighted by atomic mass is 32.2. The van der Waals surface area contributed by atoms with Crippen LogP contribution in [0.15, 0.2) is 0 Å². The summed E-state index contributed by atoms with van der Waals surface area (Å²) < 4.78 is 0. The predicted molar refractivity (Wildman–Crippen MR) is 192 cm³/mol. The minimum absolute atomic E-state index is 0.0650. The third-order valence-electron chi connectivity index (χ3n) is 13.2. The quantitative estimate of drug-likeness (QED) is 0.123. The number of nitrogens with two attached hydrogens (primary N) is 2. The summed E-state index contributed by atoms with van der Waals surface area (Å²) in [5, 5.41) is 26.7. The molecule has 0 aromatic heterocycles. The molecule has 4 aliphatic rings. The van der Waals surface area contributed by atoms with E-state index in [-0.39, 0.29) is 17.4 Å². The van der Waals surface area contributed by atoms with Crippen molar-refractivity contribution in [1.82, 2.24) is 10.6 Å². The van der Waals surface area contributed by atoms with Crippen LogP contribution in [-0.2, 0) is 9.59 Å². The molecule has 0 radical (unpaired) electrons. The zero-order valence-electron chi connectivity index (χ0n) is 30.1. The lowest BCUT2D eigenvalue weighted by atomic mass is 9.43. The first-order chi connectivity index (χ1) is 21.8. The Morgan fingerprint density at radius 2 is 1.67 bits per heavy atom. The van der Waals surface area contributed by atoms with Crippen molar-refractivity contribution in [2.75, 3.05) is 44.7 Å². The minimum atomic E-state index is -0.985. The standard InChI is InChI=1S/C31H53NO4S.C6H17N3/c1-18-10-12-30(4)21(14-18)15-27(34)28-23-8-7-22(31(23,5)13-11-24(28)30)19(2)6-9-26(33)20(3)16-37-17-25(32)29(35)36;1-8-4-2-5-9-6-3-7/h18-25,27-28,34H,6-17,32H2,1-5H3,(H,35,36);8-9H,2-7H2,1H3/t18-,19?,20?,21+,22+,23?,24?,25?,27+,28?,30-,31+;/m0./s1. The molecule has 12 atom stereocenters. The second-order valence-corrected chi connectivity index (χ2v) is 17.3. The van der Waals surface area contributed by atoms with Crippen LogP contribution in [0, 0.1) is 58.2 Å². The van der Waals surface area contributed by atoms with Gasteiger partial charge in [0.2, 0.25) is 0 Å². The molecule has 46 heavy (non-hydrogen) atoms. The molecule has 0 amide bonds. The third-order valence-corrected chi connectivity index (χ3v) is 14.5. The zero-order chi connectivity index (χ0) is 34.1. The Kier molecular flexibility index (Phi) is 15.8. The fourth-order valence-electron chi connectivity index (χ4n) is 10.4. The lowest BCUT2D eigenvalue weighted by molar-refractivity contribution is -0.168. The average Bonchev–Trinajstić information content (AvgIpc) is 3.37. The van der Waals surface area contributed by atoms with Gasteiger partial charge in [0.15, 0.2) is 0 Å². The van der Waals surface area contributed by atoms with Gasteiger partial charge >= 0.3 is 5.97 Å². The van der Waals surface area contributed by atoms with E-state index in [1.165, 1.54) is 63.1 Å². The molecule has 0 aromatic rings. The molecule has 6 unspecified atom stereocenters. The maximum Gasteiger partial charge on any atom is 0.321 e. The van der Waals surface area contributed by atoms with Gasteiger partial charge in [-0.05, 0) is 130 Å². The lowest BCUT2D eigenvalue weighted by Crippen LogP contribution is -2.58. The number of carboxylic acid groups (broad SMARTS) is 1. The monoisotopic (exact) mass is 667 g/mol. The maximum absolute atomic E-state index is 12.9. The van der Waals surface area contributed by atoms with Crippen molar-refractivity contribution in [3.8, 4) is 0 Å². The molecule has 4 aliphatic carbocycles. The summed E-state index contributed by atoms with van der Waals surface area (Å²) in [6.45, 7) is 15.6. The topological polar surface area (TPSA) is 151 Å². The van der Waals surface area contributed by atoms with Gasteiger partial charge in [-0.15, -0.1) is 0 Å². The van der Waals surface area contributed by atoms with Gasteiger partial charge in [0.05, 0.1) is 6.10 Å². The van der Waals surface area contributed by atoms with Gasteiger partial charge in [-0.25, -0.2) is 0 Å². The molecule has 268 valence electrons. The second-order valence-electron chi connectivity index (χ2n) is 16.3. The number of aliphatic hydroxyl groups excluding tert-OH is 1. The van der Waals surface area contributed by atoms with E-state index in [9.17, 15) is 14.7 Å². The van der Waals surface area contributed by atoms with Crippen LogP contribution >= 0.6 is 11.8 Å². The summed E-state index contributed by atoms with van der Waals surface area (Å²) in [7, 11) is 1.96. The SMILES string of the molecule is CC(CSCC(N)C(=O)O)C(=O)CCC(C)[C@H]1CCC2C3C(CC[C@@]21C)[C@@]1(C)CC[C@H](C)C[C@@H]1C[C@H]3O.CNCCCNCCN. The summed E-state index contributed by atoms with van der Waals surface area (Å²) in [4.78, 5) is 23.8. The molecule has 0 heterocycles. The molecule has 4 fully saturated rings. The van der Waals surface area contributed by atoms with Gasteiger partial charge < -0.3 is 32.3 Å². The van der Waals surface area contributed by atoms with E-state index < -0.39 is 12.0 Å². The first-order valence-electron chi connectivity index (χ1n) is 18.6. The molecule has 0 spiro atoms. The van der Waals surface area contributed by atoms with Gasteiger partial charge in [0, 0.05) is 36.9 Å². The van der Waals surface area contributed by atoms with E-state index in [1.807, 2.05) is 14.0 Å². The summed E-state index contributed by atoms with van der Waals surface area (Å²) in [5.41, 5.74) is 11.5. The van der Waals surface area contributed by atoms with Crippen LogP contribution in [0.4, 0.5) is 0 Å². The Bertz CT molecular complexity index is 950. The minimum Gasteiger partial charge on any atom is -0.480 e. The van der Waals surface area contributed by atoms with E-state index in [4.69, 9.17) is 16.6 Å². The van der Waals surface area contributed by atoms with Crippen LogP contribution in [0.5, 0.6) is 0 Å². The first-order valence-corrected chi connectivity index (χ1v) is 19.8. The van der Waals surface area contributed by atoms with Crippen LogP contribution in [0.2, 0.25) is 0 Å². The fourth-order valence-corrected chi connectivity index (χ4v) is 11.5. The average molecular weight is 667 g/mol. The highest BCUT2D eigenvalue weighted by molar-refractivity contribution is 7.99. The number of carboxylic acids is 1. The molecule has 4 saturated carbocycles. The van der Waals surface area contributed by atoms with Crippen LogP contribution < -0.4 is 22.1 Å². The van der Waals surface area contributed by atoms with E-state index >= 15 is 0 Å². The predicted octanol–water partition coefficient (Wildman–Crippen LogP) is 5.16. The van der Waals surface area contributed by atoms with Crippen LogP contribution in [-0.4, -0.2) is 78.8 Å².